The van der Waals surface area contributed by atoms with Gasteiger partial charge in [0.15, 0.2) is 20.7 Å². The zero-order chi connectivity index (χ0) is 45.1. The average Bonchev–Trinajstić information content (AvgIpc) is 3.62. The highest BCUT2D eigenvalue weighted by molar-refractivity contribution is 7.99. The molecule has 0 unspecified atom stereocenters. The fraction of sp³-hybridized carbons (Fsp3) is 0.346. The Morgan fingerprint density at radius 3 is 1.92 bits per heavy atom. The molecule has 1 heterocycles. The van der Waals surface area contributed by atoms with Crippen molar-refractivity contribution in [3.05, 3.63) is 174 Å². The smallest absolute Gasteiger partial charge is 0.433 e. The van der Waals surface area contributed by atoms with Gasteiger partial charge in [-0.2, -0.15) is 0 Å². The number of hydrogen-bond donors (Lipinski definition) is 0. The van der Waals surface area contributed by atoms with E-state index in [1.54, 1.807) is 11.8 Å². The molecule has 2 aliphatic rings. The lowest BCUT2D eigenvalue weighted by atomic mass is 9.97. The zero-order valence-corrected chi connectivity index (χ0v) is 38.9. The van der Waals surface area contributed by atoms with Crippen LogP contribution in [0, 0.1) is 0 Å². The van der Waals surface area contributed by atoms with Crippen LogP contribution in [-0.2, 0) is 44.2 Å². The summed E-state index contributed by atoms with van der Waals surface area (Å²) in [6, 6.07) is 45.9. The van der Waals surface area contributed by atoms with Crippen molar-refractivity contribution < 1.29 is 47.2 Å². The minimum Gasteiger partial charge on any atom is -0.433 e. The summed E-state index contributed by atoms with van der Waals surface area (Å²) < 4.78 is 51.3. The van der Waals surface area contributed by atoms with Gasteiger partial charge in [0.2, 0.25) is 0 Å². The Labute approximate surface area is 382 Å². The molecule has 0 saturated carbocycles. The molecule has 0 spiro atoms. The Hall–Kier alpha value is -5.21. The summed E-state index contributed by atoms with van der Waals surface area (Å²) >= 11 is 1.64. The molecule has 0 N–H and O–H groups in total. The van der Waals surface area contributed by atoms with Gasteiger partial charge in [-0.05, 0) is 63.6 Å². The Bertz CT molecular complexity index is 2240. The molecule has 7 rings (SSSR count). The van der Waals surface area contributed by atoms with Gasteiger partial charge >= 0.3 is 12.3 Å². The van der Waals surface area contributed by atoms with Crippen LogP contribution in [0.15, 0.2) is 157 Å². The summed E-state index contributed by atoms with van der Waals surface area (Å²) in [5.74, 6) is 0.347. The molecule has 12 heteroatoms. The number of benzene rings is 5. The first-order valence-electron chi connectivity index (χ1n) is 21.7. The van der Waals surface area contributed by atoms with Crippen LogP contribution in [-0.4, -0.2) is 76.9 Å². The lowest BCUT2D eigenvalue weighted by Gasteiger charge is -2.49. The molecule has 0 aromatic heterocycles. The molecular weight excluding hydrogens is 845 g/mol. The van der Waals surface area contributed by atoms with Crippen molar-refractivity contribution in [1.29, 1.82) is 0 Å². The van der Waals surface area contributed by atoms with Gasteiger partial charge in [-0.1, -0.05) is 161 Å². The first-order chi connectivity index (χ1) is 30.9. The maximum atomic E-state index is 13.6. The molecule has 6 atom stereocenters. The van der Waals surface area contributed by atoms with E-state index in [4.69, 9.17) is 37.6 Å². The van der Waals surface area contributed by atoms with Crippen LogP contribution in [0.2, 0.25) is 18.1 Å². The molecule has 1 saturated heterocycles. The molecule has 1 fully saturated rings. The number of rotatable bonds is 18. The molecule has 5 aromatic rings. The number of ether oxygens (including phenoxy) is 7. The van der Waals surface area contributed by atoms with Crippen molar-refractivity contribution in [2.75, 3.05) is 25.6 Å². The molecule has 64 heavy (non-hydrogen) atoms. The number of carbonyl (C=O) groups excluding carboxylic acids is 2. The van der Waals surface area contributed by atoms with Crippen LogP contribution >= 0.6 is 11.8 Å². The van der Waals surface area contributed by atoms with Crippen molar-refractivity contribution >= 4 is 32.4 Å². The number of carbonyl (C=O) groups is 2. The summed E-state index contributed by atoms with van der Waals surface area (Å²) in [5.41, 5.74) is 6.17. The highest BCUT2D eigenvalue weighted by Gasteiger charge is 2.54. The molecule has 1 aliphatic carbocycles. The third kappa shape index (κ3) is 11.7. The van der Waals surface area contributed by atoms with Crippen LogP contribution in [0.4, 0.5) is 9.59 Å². The van der Waals surface area contributed by atoms with Crippen molar-refractivity contribution in [2.24, 2.45) is 0 Å². The second-order valence-electron chi connectivity index (χ2n) is 17.3. The van der Waals surface area contributed by atoms with Gasteiger partial charge in [0.05, 0.1) is 12.7 Å². The lowest BCUT2D eigenvalue weighted by molar-refractivity contribution is -0.307. The van der Waals surface area contributed by atoms with Crippen LogP contribution in [0.25, 0.3) is 11.1 Å². The van der Waals surface area contributed by atoms with Crippen LogP contribution in [0.3, 0.4) is 0 Å². The molecule has 5 aromatic carbocycles. The standard InChI is InChI=1S/C52H58O10SSi/c1-7-31-55-51(54)61-47-46(56-32-36-21-11-8-12-22-36)44(34-58-50(53)57-33-43-41-29-19-17-27-39(41)40-28-18-20-30-42(40)43)60-49(62-64(5,6)52(2,3)4)48(47)59-45(37-23-13-9-14-24-37)35-63-38-25-15-10-16-26-38/h7-30,43-49H,1,31-35H2,2-6H3/t44-,45-,46-,47+,48-,49+/m1/s1. The average molecular weight is 903 g/mol. The Balaban J connectivity index is 1.21. The lowest BCUT2D eigenvalue weighted by Crippen LogP contribution is -2.64. The van der Waals surface area contributed by atoms with E-state index in [9.17, 15) is 9.59 Å². The third-order valence-corrected chi connectivity index (χ3v) is 17.5. The predicted octanol–water partition coefficient (Wildman–Crippen LogP) is 11.9. The van der Waals surface area contributed by atoms with E-state index in [0.29, 0.717) is 5.75 Å². The maximum Gasteiger partial charge on any atom is 0.509 e. The highest BCUT2D eigenvalue weighted by atomic mass is 32.2. The number of fused-ring (bicyclic) bond motifs is 3. The van der Waals surface area contributed by atoms with Gasteiger partial charge in [0, 0.05) is 16.6 Å². The number of hydrogen-bond acceptors (Lipinski definition) is 11. The summed E-state index contributed by atoms with van der Waals surface area (Å²) in [6.07, 6.45) is -6.26. The monoisotopic (exact) mass is 902 g/mol. The van der Waals surface area contributed by atoms with Gasteiger partial charge in [-0.25, -0.2) is 9.59 Å². The molecule has 0 bridgehead atoms. The summed E-state index contributed by atoms with van der Waals surface area (Å²) in [5, 5.41) is -0.254. The quantitative estimate of drug-likeness (QED) is 0.0363. The van der Waals surface area contributed by atoms with Crippen molar-refractivity contribution in [1.82, 2.24) is 0 Å². The fourth-order valence-corrected chi connectivity index (χ4v) is 9.72. The van der Waals surface area contributed by atoms with E-state index in [-0.39, 0.29) is 37.4 Å². The van der Waals surface area contributed by atoms with E-state index in [1.807, 2.05) is 103 Å². The third-order valence-electron chi connectivity index (χ3n) is 12.0. The van der Waals surface area contributed by atoms with Gasteiger partial charge in [0.25, 0.3) is 0 Å². The molecule has 1 aliphatic heterocycles. The van der Waals surface area contributed by atoms with Crippen LogP contribution in [0.1, 0.15) is 55.0 Å². The van der Waals surface area contributed by atoms with Gasteiger partial charge in [-0.3, -0.25) is 0 Å². The minimum atomic E-state index is -2.65. The SMILES string of the molecule is C=CCOC(=O)O[C@@H]1[C@@H](O[C@H](CSc2ccccc2)c2ccccc2)[C@H](O[Si](C)(C)C(C)(C)C)O[C@H](COC(=O)OCC2c3ccccc3-c3ccccc32)[C@H]1OCc1ccccc1. The highest BCUT2D eigenvalue weighted by Crippen LogP contribution is 2.45. The molecule has 0 amide bonds. The van der Waals surface area contributed by atoms with Crippen molar-refractivity contribution in [3.8, 4) is 11.1 Å². The second kappa shape index (κ2) is 21.6. The van der Waals surface area contributed by atoms with E-state index in [2.05, 4.69) is 76.8 Å². The van der Waals surface area contributed by atoms with Gasteiger partial charge in [0.1, 0.15) is 38.1 Å². The first-order valence-corrected chi connectivity index (χ1v) is 25.6. The summed E-state index contributed by atoms with van der Waals surface area (Å²) in [7, 11) is -2.65. The first kappa shape index (κ1) is 46.8. The van der Waals surface area contributed by atoms with E-state index < -0.39 is 57.4 Å². The predicted molar refractivity (Wildman–Crippen MR) is 251 cm³/mol. The molecular formula is C52H58O10SSi. The van der Waals surface area contributed by atoms with E-state index in [0.717, 1.165) is 38.3 Å². The van der Waals surface area contributed by atoms with Gasteiger partial charge < -0.3 is 37.6 Å². The molecule has 10 nitrogen and oxygen atoms in total. The van der Waals surface area contributed by atoms with E-state index in [1.165, 1.54) is 6.08 Å². The van der Waals surface area contributed by atoms with Crippen molar-refractivity contribution in [2.45, 2.75) is 93.1 Å². The normalized spacial score (nSPS) is 20.0. The van der Waals surface area contributed by atoms with Crippen LogP contribution in [0.5, 0.6) is 0 Å². The number of thioether (sulfide) groups is 1. The fourth-order valence-electron chi connectivity index (χ4n) is 7.64. The topological polar surface area (TPSA) is 108 Å². The maximum absolute atomic E-state index is 13.6. The molecule has 0 radical (unpaired) electrons. The molecule has 336 valence electrons. The minimum absolute atomic E-state index is 0.0715. The van der Waals surface area contributed by atoms with Crippen molar-refractivity contribution in [3.63, 3.8) is 0 Å². The Morgan fingerprint density at radius 1 is 0.719 bits per heavy atom. The zero-order valence-electron chi connectivity index (χ0n) is 37.1. The largest absolute Gasteiger partial charge is 0.509 e. The second-order valence-corrected chi connectivity index (χ2v) is 23.2. The Morgan fingerprint density at radius 2 is 1.30 bits per heavy atom. The summed E-state index contributed by atoms with van der Waals surface area (Å²) in [6.45, 7) is 14.1. The Kier molecular flexibility index (Phi) is 15.8. The summed E-state index contributed by atoms with van der Waals surface area (Å²) in [4.78, 5) is 28.3. The van der Waals surface area contributed by atoms with Crippen LogP contribution < -0.4 is 0 Å². The van der Waals surface area contributed by atoms with E-state index >= 15 is 0 Å². The van der Waals surface area contributed by atoms with Gasteiger partial charge in [-0.15, -0.1) is 11.8 Å².